The predicted molar refractivity (Wildman–Crippen MR) is 83.2 cm³/mol. The van der Waals surface area contributed by atoms with Crippen LogP contribution in [0.4, 0.5) is 5.69 Å². The van der Waals surface area contributed by atoms with Gasteiger partial charge in [-0.05, 0) is 32.4 Å². The van der Waals surface area contributed by atoms with Crippen LogP contribution < -0.4 is 0 Å². The number of ether oxygens (including phenoxy) is 2. The Hall–Kier alpha value is -2.70. The minimum Gasteiger partial charge on any atom is -0.509 e. The van der Waals surface area contributed by atoms with Gasteiger partial charge in [0.05, 0.1) is 18.9 Å². The highest BCUT2D eigenvalue weighted by atomic mass is 16.5. The van der Waals surface area contributed by atoms with E-state index in [9.17, 15) is 14.7 Å². The molecule has 1 aromatic rings. The molecule has 124 valence electrons. The average Bonchev–Trinajstić information content (AvgIpc) is 2.49. The Bertz CT molecular complexity index is 623. The topological polar surface area (TPSA) is 97.5 Å². The quantitative estimate of drug-likeness (QED) is 0.359. The van der Waals surface area contributed by atoms with E-state index < -0.39 is 29.8 Å². The van der Waals surface area contributed by atoms with Crippen LogP contribution in [0.25, 0.3) is 0 Å². The number of aliphatic hydroxyl groups is 1. The molecule has 0 spiro atoms. The smallest absolute Gasteiger partial charge is 0.362 e. The summed E-state index contributed by atoms with van der Waals surface area (Å²) in [5.74, 6) is -2.07. The first-order chi connectivity index (χ1) is 11.0. The Balaban J connectivity index is 3.07. The van der Waals surface area contributed by atoms with Gasteiger partial charge in [0.25, 0.3) is 0 Å². The molecule has 0 aliphatic rings. The molecule has 0 saturated heterocycles. The minimum absolute atomic E-state index is 0.106. The summed E-state index contributed by atoms with van der Waals surface area (Å²) in [6.45, 7) is 5.38. The molecule has 23 heavy (non-hydrogen) atoms. The summed E-state index contributed by atoms with van der Waals surface area (Å²) in [6, 6.07) is 7.16. The van der Waals surface area contributed by atoms with Gasteiger partial charge in [-0.2, -0.15) is 0 Å². The van der Waals surface area contributed by atoms with Crippen LogP contribution in [0.15, 0.2) is 46.0 Å². The van der Waals surface area contributed by atoms with Crippen molar-refractivity contribution >= 4 is 17.6 Å². The van der Waals surface area contributed by atoms with Crippen molar-refractivity contribution in [2.24, 2.45) is 10.2 Å². The summed E-state index contributed by atoms with van der Waals surface area (Å²) in [5, 5.41) is 17.7. The lowest BCUT2D eigenvalue weighted by molar-refractivity contribution is -0.142. The number of carbonyl (C=O) groups excluding carboxylic acids is 2. The molecule has 1 aromatic carbocycles. The molecule has 1 N–H and O–H groups in total. The molecular formula is C16H20N2O5. The second kappa shape index (κ2) is 9.34. The molecular weight excluding hydrogens is 300 g/mol. The second-order valence-corrected chi connectivity index (χ2v) is 4.48. The number of hydrogen-bond donors (Lipinski definition) is 1. The van der Waals surface area contributed by atoms with Crippen LogP contribution in [0.3, 0.4) is 0 Å². The molecule has 0 unspecified atom stereocenters. The molecule has 0 heterocycles. The van der Waals surface area contributed by atoms with E-state index in [1.54, 1.807) is 26.0 Å². The summed E-state index contributed by atoms with van der Waals surface area (Å²) in [7, 11) is 0. The number of carbonyl (C=O) groups is 2. The second-order valence-electron chi connectivity index (χ2n) is 4.48. The van der Waals surface area contributed by atoms with Crippen LogP contribution in [0.2, 0.25) is 0 Å². The van der Waals surface area contributed by atoms with Crippen molar-refractivity contribution in [1.29, 1.82) is 0 Å². The molecule has 7 nitrogen and oxygen atoms in total. The van der Waals surface area contributed by atoms with Crippen LogP contribution >= 0.6 is 0 Å². The van der Waals surface area contributed by atoms with Crippen LogP contribution in [0, 0.1) is 6.92 Å². The maximum atomic E-state index is 11.9. The SMILES string of the molecule is CCOC(=O)CC(O)=C(N=Nc1ccccc1C)C(=O)OCC. The lowest BCUT2D eigenvalue weighted by atomic mass is 10.2. The van der Waals surface area contributed by atoms with Gasteiger partial charge >= 0.3 is 11.9 Å². The highest BCUT2D eigenvalue weighted by Crippen LogP contribution is 2.20. The minimum atomic E-state index is -0.855. The van der Waals surface area contributed by atoms with Crippen molar-refractivity contribution in [2.45, 2.75) is 27.2 Å². The van der Waals surface area contributed by atoms with E-state index in [2.05, 4.69) is 10.2 Å². The third-order valence-electron chi connectivity index (χ3n) is 2.73. The number of aliphatic hydroxyl groups excluding tert-OH is 1. The van der Waals surface area contributed by atoms with Crippen LogP contribution in [-0.4, -0.2) is 30.3 Å². The highest BCUT2D eigenvalue weighted by Gasteiger charge is 2.19. The monoisotopic (exact) mass is 320 g/mol. The third-order valence-corrected chi connectivity index (χ3v) is 2.73. The molecule has 0 amide bonds. The first-order valence-corrected chi connectivity index (χ1v) is 7.21. The number of hydrogen-bond acceptors (Lipinski definition) is 7. The Morgan fingerprint density at radius 1 is 1.13 bits per heavy atom. The summed E-state index contributed by atoms with van der Waals surface area (Å²) in [4.78, 5) is 23.3. The van der Waals surface area contributed by atoms with E-state index in [-0.39, 0.29) is 13.2 Å². The van der Waals surface area contributed by atoms with Crippen molar-refractivity contribution in [3.8, 4) is 0 Å². The van der Waals surface area contributed by atoms with E-state index in [1.807, 2.05) is 19.1 Å². The molecule has 0 aliphatic carbocycles. The zero-order valence-electron chi connectivity index (χ0n) is 13.4. The van der Waals surface area contributed by atoms with E-state index in [1.165, 1.54) is 0 Å². The summed E-state index contributed by atoms with van der Waals surface area (Å²) in [6.07, 6.45) is -0.477. The number of azo groups is 1. The Morgan fingerprint density at radius 2 is 1.78 bits per heavy atom. The van der Waals surface area contributed by atoms with Crippen molar-refractivity contribution in [1.82, 2.24) is 0 Å². The molecule has 0 aliphatic heterocycles. The van der Waals surface area contributed by atoms with Crippen molar-refractivity contribution in [2.75, 3.05) is 13.2 Å². The molecule has 0 saturated carbocycles. The molecule has 7 heteroatoms. The summed E-state index contributed by atoms with van der Waals surface area (Å²) >= 11 is 0. The number of benzene rings is 1. The fourth-order valence-corrected chi connectivity index (χ4v) is 1.63. The van der Waals surface area contributed by atoms with Crippen molar-refractivity contribution in [3.63, 3.8) is 0 Å². The maximum Gasteiger partial charge on any atom is 0.362 e. The van der Waals surface area contributed by atoms with Gasteiger partial charge in [-0.25, -0.2) is 4.79 Å². The molecule has 0 aromatic heterocycles. The number of esters is 2. The van der Waals surface area contributed by atoms with Gasteiger partial charge in [0.15, 0.2) is 0 Å². The largest absolute Gasteiger partial charge is 0.509 e. The molecule has 0 bridgehead atoms. The fourth-order valence-electron chi connectivity index (χ4n) is 1.63. The first kappa shape index (κ1) is 18.3. The third kappa shape index (κ3) is 5.90. The predicted octanol–water partition coefficient (Wildman–Crippen LogP) is 3.36. The van der Waals surface area contributed by atoms with Gasteiger partial charge in [0.2, 0.25) is 5.70 Å². The van der Waals surface area contributed by atoms with E-state index in [0.717, 1.165) is 5.56 Å². The zero-order chi connectivity index (χ0) is 17.2. The van der Waals surface area contributed by atoms with E-state index in [0.29, 0.717) is 5.69 Å². The Labute approximate surface area is 134 Å². The van der Waals surface area contributed by atoms with Gasteiger partial charge in [0.1, 0.15) is 12.2 Å². The normalized spacial score (nSPS) is 12.0. The van der Waals surface area contributed by atoms with Gasteiger partial charge in [-0.15, -0.1) is 10.2 Å². The fraction of sp³-hybridized carbons (Fsp3) is 0.375. The number of nitrogens with zero attached hydrogens (tertiary/aromatic N) is 2. The lowest BCUT2D eigenvalue weighted by Crippen LogP contribution is -2.12. The Morgan fingerprint density at radius 3 is 2.39 bits per heavy atom. The molecule has 0 atom stereocenters. The van der Waals surface area contributed by atoms with Crippen molar-refractivity contribution < 1.29 is 24.2 Å². The van der Waals surface area contributed by atoms with E-state index in [4.69, 9.17) is 9.47 Å². The average molecular weight is 320 g/mol. The van der Waals surface area contributed by atoms with Gasteiger partial charge in [-0.3, -0.25) is 4.79 Å². The number of aryl methyl sites for hydroxylation is 1. The van der Waals surface area contributed by atoms with Gasteiger partial charge in [-0.1, -0.05) is 18.2 Å². The lowest BCUT2D eigenvalue weighted by Gasteiger charge is -2.06. The van der Waals surface area contributed by atoms with Crippen molar-refractivity contribution in [3.05, 3.63) is 41.3 Å². The van der Waals surface area contributed by atoms with Gasteiger partial charge in [0, 0.05) is 0 Å². The molecule has 0 radical (unpaired) electrons. The van der Waals surface area contributed by atoms with Crippen LogP contribution in [0.1, 0.15) is 25.8 Å². The van der Waals surface area contributed by atoms with Gasteiger partial charge < -0.3 is 14.6 Å². The van der Waals surface area contributed by atoms with Crippen LogP contribution in [-0.2, 0) is 19.1 Å². The van der Waals surface area contributed by atoms with Crippen LogP contribution in [0.5, 0.6) is 0 Å². The summed E-state index contributed by atoms with van der Waals surface area (Å²) in [5.41, 5.74) is 0.978. The number of rotatable bonds is 7. The molecule has 1 rings (SSSR count). The Kier molecular flexibility index (Phi) is 7.45. The van der Waals surface area contributed by atoms with E-state index >= 15 is 0 Å². The molecule has 0 fully saturated rings. The standard InChI is InChI=1S/C16H20N2O5/c1-4-22-14(20)10-13(19)15(16(21)23-5-2)18-17-12-9-7-6-8-11(12)3/h6-9,19H,4-5,10H2,1-3H3. The maximum absolute atomic E-state index is 11.9. The zero-order valence-corrected chi connectivity index (χ0v) is 13.4. The summed E-state index contributed by atoms with van der Waals surface area (Å²) < 4.78 is 9.55. The highest BCUT2D eigenvalue weighted by molar-refractivity contribution is 5.89. The first-order valence-electron chi connectivity index (χ1n) is 7.21.